The maximum Gasteiger partial charge on any atom is 0.227 e. The van der Waals surface area contributed by atoms with E-state index >= 15 is 0 Å². The van der Waals surface area contributed by atoms with Crippen LogP contribution in [0.3, 0.4) is 0 Å². The first-order valence-corrected chi connectivity index (χ1v) is 11.0. The van der Waals surface area contributed by atoms with Crippen LogP contribution >= 0.6 is 0 Å². The van der Waals surface area contributed by atoms with Gasteiger partial charge in [-0.3, -0.25) is 15.0 Å². The molecule has 1 aromatic carbocycles. The highest BCUT2D eigenvalue weighted by atomic mass is 16.5. The predicted octanol–water partition coefficient (Wildman–Crippen LogP) is 3.42. The minimum atomic E-state index is 0.527. The molecule has 1 saturated heterocycles. The van der Waals surface area contributed by atoms with Gasteiger partial charge in [0.05, 0.1) is 30.8 Å². The van der Waals surface area contributed by atoms with Gasteiger partial charge in [0.1, 0.15) is 0 Å². The van der Waals surface area contributed by atoms with Crippen molar-refractivity contribution < 1.29 is 4.74 Å². The quantitative estimate of drug-likeness (QED) is 0.381. The third kappa shape index (κ3) is 5.33. The number of aromatic nitrogens is 5. The van der Waals surface area contributed by atoms with E-state index < -0.39 is 0 Å². The number of rotatable bonds is 8. The molecular weight excluding hydrogens is 416 g/mol. The lowest BCUT2D eigenvalue weighted by molar-refractivity contribution is 0.0398. The summed E-state index contributed by atoms with van der Waals surface area (Å²) < 4.78 is 5.39. The zero-order valence-corrected chi connectivity index (χ0v) is 18.2. The van der Waals surface area contributed by atoms with E-state index in [1.54, 1.807) is 24.8 Å². The van der Waals surface area contributed by atoms with E-state index in [1.165, 1.54) is 0 Å². The van der Waals surface area contributed by atoms with Gasteiger partial charge >= 0.3 is 0 Å². The summed E-state index contributed by atoms with van der Waals surface area (Å²) in [6, 6.07) is 13.9. The lowest BCUT2D eigenvalue weighted by Gasteiger charge is -2.26. The summed E-state index contributed by atoms with van der Waals surface area (Å²) in [7, 11) is 0. The number of morpholine rings is 1. The molecule has 0 unspecified atom stereocenters. The number of pyridine rings is 1. The molecule has 0 radical (unpaired) electrons. The highest BCUT2D eigenvalue weighted by molar-refractivity contribution is 5.78. The van der Waals surface area contributed by atoms with E-state index in [2.05, 4.69) is 52.8 Å². The van der Waals surface area contributed by atoms with Crippen molar-refractivity contribution in [2.45, 2.75) is 0 Å². The van der Waals surface area contributed by atoms with Gasteiger partial charge in [-0.2, -0.15) is 5.10 Å². The van der Waals surface area contributed by atoms with Crippen molar-refractivity contribution >= 4 is 17.3 Å². The summed E-state index contributed by atoms with van der Waals surface area (Å²) in [6.07, 6.45) is 7.06. The molecule has 0 atom stereocenters. The maximum absolute atomic E-state index is 5.39. The molecule has 0 amide bonds. The predicted molar refractivity (Wildman–Crippen MR) is 128 cm³/mol. The summed E-state index contributed by atoms with van der Waals surface area (Å²) in [5.74, 6) is 0.527. The van der Waals surface area contributed by atoms with Crippen molar-refractivity contribution in [3.8, 4) is 22.5 Å². The van der Waals surface area contributed by atoms with E-state index in [4.69, 9.17) is 4.74 Å². The molecular formula is C24H26N8O. The average Bonchev–Trinajstić information content (AvgIpc) is 3.37. The van der Waals surface area contributed by atoms with Crippen LogP contribution in [0.2, 0.25) is 0 Å². The second-order valence-corrected chi connectivity index (χ2v) is 7.75. The number of H-pyrrole nitrogens is 1. The molecule has 1 aliphatic heterocycles. The van der Waals surface area contributed by atoms with Gasteiger partial charge in [-0.25, -0.2) is 9.97 Å². The van der Waals surface area contributed by atoms with Gasteiger partial charge in [0, 0.05) is 67.3 Å². The Bertz CT molecular complexity index is 1160. The second kappa shape index (κ2) is 10.2. The third-order valence-corrected chi connectivity index (χ3v) is 5.52. The molecule has 4 heterocycles. The Kier molecular flexibility index (Phi) is 6.51. The SMILES string of the molecule is c1cncc(-c2[nH]ncc2-c2ccnc(Nc3ccc(NCCN4CCOCC4)cc3)n2)c1. The molecule has 9 nitrogen and oxygen atoms in total. The molecule has 0 spiro atoms. The topological polar surface area (TPSA) is 104 Å². The molecule has 9 heteroatoms. The van der Waals surface area contributed by atoms with Crippen molar-refractivity contribution in [2.75, 3.05) is 50.0 Å². The number of hydrogen-bond donors (Lipinski definition) is 3. The van der Waals surface area contributed by atoms with Crippen molar-refractivity contribution in [2.24, 2.45) is 0 Å². The number of ether oxygens (including phenoxy) is 1. The highest BCUT2D eigenvalue weighted by Gasteiger charge is 2.12. The van der Waals surface area contributed by atoms with Crippen molar-refractivity contribution in [3.05, 3.63) is 67.3 Å². The molecule has 0 bridgehead atoms. The molecule has 1 aliphatic rings. The average molecular weight is 443 g/mol. The normalized spacial score (nSPS) is 14.2. The second-order valence-electron chi connectivity index (χ2n) is 7.75. The van der Waals surface area contributed by atoms with Gasteiger partial charge < -0.3 is 15.4 Å². The molecule has 5 rings (SSSR count). The van der Waals surface area contributed by atoms with Crippen molar-refractivity contribution in [1.29, 1.82) is 0 Å². The van der Waals surface area contributed by atoms with E-state index in [0.717, 1.165) is 73.3 Å². The fraction of sp³-hybridized carbons (Fsp3) is 0.250. The lowest BCUT2D eigenvalue weighted by Crippen LogP contribution is -2.38. The van der Waals surface area contributed by atoms with Gasteiger partial charge in [-0.1, -0.05) is 0 Å². The number of anilines is 3. The first-order valence-electron chi connectivity index (χ1n) is 11.0. The van der Waals surface area contributed by atoms with E-state index in [-0.39, 0.29) is 0 Å². The van der Waals surface area contributed by atoms with Crippen molar-refractivity contribution in [3.63, 3.8) is 0 Å². The first-order chi connectivity index (χ1) is 16.3. The monoisotopic (exact) mass is 442 g/mol. The molecule has 33 heavy (non-hydrogen) atoms. The molecule has 3 aromatic heterocycles. The molecule has 4 aromatic rings. The summed E-state index contributed by atoms with van der Waals surface area (Å²) in [5, 5.41) is 14.0. The molecule has 168 valence electrons. The van der Waals surface area contributed by atoms with Gasteiger partial charge in [-0.15, -0.1) is 0 Å². The maximum atomic E-state index is 5.39. The molecule has 3 N–H and O–H groups in total. The van der Waals surface area contributed by atoms with Crippen LogP contribution in [0, 0.1) is 0 Å². The van der Waals surface area contributed by atoms with Gasteiger partial charge in [0.25, 0.3) is 0 Å². The minimum absolute atomic E-state index is 0.527. The van der Waals surface area contributed by atoms with Crippen LogP contribution in [0.25, 0.3) is 22.5 Å². The van der Waals surface area contributed by atoms with Crippen LogP contribution in [0.1, 0.15) is 0 Å². The Morgan fingerprint density at radius 3 is 2.64 bits per heavy atom. The number of aromatic amines is 1. The Morgan fingerprint density at radius 1 is 0.970 bits per heavy atom. The summed E-state index contributed by atoms with van der Waals surface area (Å²) >= 11 is 0. The zero-order valence-electron chi connectivity index (χ0n) is 18.2. The molecule has 0 saturated carbocycles. The van der Waals surface area contributed by atoms with Gasteiger partial charge in [0.15, 0.2) is 0 Å². The third-order valence-electron chi connectivity index (χ3n) is 5.52. The Morgan fingerprint density at radius 2 is 1.82 bits per heavy atom. The van der Waals surface area contributed by atoms with Gasteiger partial charge in [-0.05, 0) is 42.5 Å². The fourth-order valence-electron chi connectivity index (χ4n) is 3.76. The standard InChI is InChI=1S/C24H26N8O/c1-2-18(16-25-8-1)23-21(17-28-31-23)22-7-9-27-24(30-22)29-20-5-3-19(4-6-20)26-10-11-32-12-14-33-15-13-32/h1-9,16-17,26H,10-15H2,(H,28,31)(H,27,29,30). The highest BCUT2D eigenvalue weighted by Crippen LogP contribution is 2.29. The minimum Gasteiger partial charge on any atom is -0.384 e. The summed E-state index contributed by atoms with van der Waals surface area (Å²) in [6.45, 7) is 5.59. The molecule has 0 aliphatic carbocycles. The van der Waals surface area contributed by atoms with Gasteiger partial charge in [0.2, 0.25) is 5.95 Å². The number of nitrogens with zero attached hydrogens (tertiary/aromatic N) is 5. The van der Waals surface area contributed by atoms with E-state index in [1.807, 2.05) is 30.3 Å². The number of nitrogens with one attached hydrogen (secondary N) is 3. The fourth-order valence-corrected chi connectivity index (χ4v) is 3.76. The zero-order chi connectivity index (χ0) is 22.3. The largest absolute Gasteiger partial charge is 0.384 e. The number of hydrogen-bond acceptors (Lipinski definition) is 8. The Labute approximate surface area is 192 Å². The van der Waals surface area contributed by atoms with Crippen molar-refractivity contribution in [1.82, 2.24) is 30.0 Å². The van der Waals surface area contributed by atoms with Crippen LogP contribution in [-0.2, 0) is 4.74 Å². The van der Waals surface area contributed by atoms with Crippen LogP contribution in [0.4, 0.5) is 17.3 Å². The van der Waals surface area contributed by atoms with Crippen LogP contribution in [-0.4, -0.2) is 69.4 Å². The van der Waals surface area contributed by atoms with Crippen LogP contribution in [0.5, 0.6) is 0 Å². The first kappa shape index (κ1) is 21.0. The summed E-state index contributed by atoms with van der Waals surface area (Å²) in [4.78, 5) is 15.7. The smallest absolute Gasteiger partial charge is 0.227 e. The Hall–Kier alpha value is -3.82. The molecule has 1 fully saturated rings. The van der Waals surface area contributed by atoms with Crippen LogP contribution in [0.15, 0.2) is 67.3 Å². The Balaban J connectivity index is 1.22. The number of benzene rings is 1. The lowest BCUT2D eigenvalue weighted by atomic mass is 10.1. The van der Waals surface area contributed by atoms with E-state index in [0.29, 0.717) is 5.95 Å². The van der Waals surface area contributed by atoms with E-state index in [9.17, 15) is 0 Å². The summed E-state index contributed by atoms with van der Waals surface area (Å²) in [5.41, 5.74) is 5.51. The van der Waals surface area contributed by atoms with Crippen LogP contribution < -0.4 is 10.6 Å².